The molecule has 0 saturated carbocycles. The normalized spacial score (nSPS) is 15.6. The number of ketones is 1. The van der Waals surface area contributed by atoms with E-state index in [0.717, 1.165) is 22.5 Å². The maximum absolute atomic E-state index is 13.7. The Kier molecular flexibility index (Phi) is 9.72. The van der Waals surface area contributed by atoms with E-state index >= 15 is 0 Å². The van der Waals surface area contributed by atoms with Gasteiger partial charge in [-0.2, -0.15) is 0 Å². The van der Waals surface area contributed by atoms with E-state index in [-0.39, 0.29) is 27.9 Å². The number of aliphatic hydroxyl groups is 1. The maximum Gasteiger partial charge on any atom is 0.350 e. The lowest BCUT2D eigenvalue weighted by atomic mass is 9.95. The molecule has 5 rings (SSSR count). The molecule has 1 aliphatic rings. The van der Waals surface area contributed by atoms with Gasteiger partial charge in [0.25, 0.3) is 5.78 Å². The molecule has 4 aromatic rings. The van der Waals surface area contributed by atoms with Crippen LogP contribution in [0.15, 0.2) is 72.3 Å². The summed E-state index contributed by atoms with van der Waals surface area (Å²) < 4.78 is 22.3. The minimum Gasteiger partial charge on any atom is -0.507 e. The standard InChI is InChI=1S/C35H34N2O8S/c1-6-43-26-17-14-23(18-27(26)42-5)29-28(31(39)33(40)37(29)35-36-21(4)32(46-35)34(41)44-7-2)30(38)22-12-15-25(16-13-22)45-19-24-11-9-8-10-20(24)3/h8-18,29,38H,6-7,19H2,1-5H3/b30-28+. The minimum absolute atomic E-state index is 0.111. The number of rotatable bonds is 11. The largest absolute Gasteiger partial charge is 0.507 e. The number of aromatic nitrogens is 1. The molecule has 1 N–H and O–H groups in total. The average molecular weight is 643 g/mol. The number of carbonyl (C=O) groups excluding carboxylic acids is 3. The molecular weight excluding hydrogens is 608 g/mol. The van der Waals surface area contributed by atoms with Crippen LogP contribution >= 0.6 is 11.3 Å². The lowest BCUT2D eigenvalue weighted by Gasteiger charge is -2.24. The van der Waals surface area contributed by atoms with Gasteiger partial charge >= 0.3 is 11.9 Å². The first kappa shape index (κ1) is 32.2. The van der Waals surface area contributed by atoms with Gasteiger partial charge in [-0.25, -0.2) is 9.78 Å². The Balaban J connectivity index is 1.57. The topological polar surface area (TPSA) is 124 Å². The predicted molar refractivity (Wildman–Crippen MR) is 174 cm³/mol. The summed E-state index contributed by atoms with van der Waals surface area (Å²) in [6.45, 7) is 8.09. The molecule has 0 aliphatic carbocycles. The van der Waals surface area contributed by atoms with Gasteiger partial charge in [-0.3, -0.25) is 14.5 Å². The van der Waals surface area contributed by atoms with E-state index in [0.29, 0.717) is 47.3 Å². The van der Waals surface area contributed by atoms with E-state index < -0.39 is 23.7 Å². The second-order valence-corrected chi connectivity index (χ2v) is 11.4. The van der Waals surface area contributed by atoms with Crippen LogP contribution in [-0.4, -0.2) is 48.1 Å². The summed E-state index contributed by atoms with van der Waals surface area (Å²) in [6, 6.07) is 18.5. The predicted octanol–water partition coefficient (Wildman–Crippen LogP) is 6.55. The number of methoxy groups -OCH3 is 1. The monoisotopic (exact) mass is 642 g/mol. The molecule has 3 aromatic carbocycles. The number of aliphatic hydroxyl groups excluding tert-OH is 1. The fraction of sp³-hybridized carbons (Fsp3) is 0.257. The van der Waals surface area contributed by atoms with Gasteiger partial charge in [0.2, 0.25) is 0 Å². The zero-order valence-electron chi connectivity index (χ0n) is 26.2. The highest BCUT2D eigenvalue weighted by atomic mass is 32.1. The van der Waals surface area contributed by atoms with Crippen molar-refractivity contribution in [2.24, 2.45) is 0 Å². The van der Waals surface area contributed by atoms with Gasteiger partial charge in [-0.15, -0.1) is 0 Å². The molecule has 46 heavy (non-hydrogen) atoms. The third-order valence-corrected chi connectivity index (χ3v) is 8.62. The smallest absolute Gasteiger partial charge is 0.350 e. The first-order valence-corrected chi connectivity index (χ1v) is 15.5. The van der Waals surface area contributed by atoms with E-state index in [4.69, 9.17) is 18.9 Å². The van der Waals surface area contributed by atoms with E-state index in [1.807, 2.05) is 38.1 Å². The summed E-state index contributed by atoms with van der Waals surface area (Å²) in [5, 5.41) is 11.7. The van der Waals surface area contributed by atoms with Crippen molar-refractivity contribution in [3.63, 3.8) is 0 Å². The van der Waals surface area contributed by atoms with Crippen molar-refractivity contribution in [2.75, 3.05) is 25.2 Å². The average Bonchev–Trinajstić information content (AvgIpc) is 3.57. The highest BCUT2D eigenvalue weighted by molar-refractivity contribution is 7.17. The molecule has 1 unspecified atom stereocenters. The first-order chi connectivity index (χ1) is 22.2. The summed E-state index contributed by atoms with van der Waals surface area (Å²) in [5.41, 5.74) is 3.14. The molecule has 238 valence electrons. The van der Waals surface area contributed by atoms with Crippen molar-refractivity contribution in [3.8, 4) is 17.2 Å². The third-order valence-electron chi connectivity index (χ3n) is 7.48. The number of carbonyl (C=O) groups is 3. The molecule has 1 aliphatic heterocycles. The van der Waals surface area contributed by atoms with Gasteiger partial charge in [0.05, 0.1) is 37.6 Å². The first-order valence-electron chi connectivity index (χ1n) is 14.7. The lowest BCUT2D eigenvalue weighted by Crippen LogP contribution is -2.29. The summed E-state index contributed by atoms with van der Waals surface area (Å²) in [4.78, 5) is 45.8. The van der Waals surface area contributed by atoms with E-state index in [1.165, 1.54) is 12.0 Å². The van der Waals surface area contributed by atoms with Gasteiger partial charge in [-0.05, 0) is 80.8 Å². The molecule has 1 aromatic heterocycles. The van der Waals surface area contributed by atoms with Crippen LogP contribution in [0.3, 0.4) is 0 Å². The van der Waals surface area contributed by atoms with Crippen molar-refractivity contribution < 1.29 is 38.4 Å². The van der Waals surface area contributed by atoms with Crippen LogP contribution < -0.4 is 19.1 Å². The van der Waals surface area contributed by atoms with Gasteiger partial charge in [0, 0.05) is 5.56 Å². The van der Waals surface area contributed by atoms with Crippen LogP contribution in [0.2, 0.25) is 0 Å². The van der Waals surface area contributed by atoms with Crippen molar-refractivity contribution >= 4 is 39.9 Å². The highest BCUT2D eigenvalue weighted by Crippen LogP contribution is 2.45. The Morgan fingerprint density at radius 2 is 1.70 bits per heavy atom. The zero-order valence-corrected chi connectivity index (χ0v) is 27.0. The number of aryl methyl sites for hydroxylation is 2. The van der Waals surface area contributed by atoms with Crippen molar-refractivity contribution in [2.45, 2.75) is 40.3 Å². The molecule has 10 nitrogen and oxygen atoms in total. The number of esters is 1. The molecule has 1 atom stereocenters. The number of hydrogen-bond donors (Lipinski definition) is 1. The summed E-state index contributed by atoms with van der Waals surface area (Å²) in [7, 11) is 1.48. The number of Topliss-reactive ketones (excluding diaryl/α,β-unsaturated/α-hetero) is 1. The third kappa shape index (κ3) is 6.32. The fourth-order valence-corrected chi connectivity index (χ4v) is 6.13. The number of ether oxygens (including phenoxy) is 4. The van der Waals surface area contributed by atoms with Crippen LogP contribution in [0.5, 0.6) is 17.2 Å². The quantitative estimate of drug-likeness (QED) is 0.0839. The van der Waals surface area contributed by atoms with Crippen LogP contribution in [0.25, 0.3) is 5.76 Å². The number of benzene rings is 3. The molecule has 1 amide bonds. The minimum atomic E-state index is -1.10. The number of hydrogen-bond acceptors (Lipinski definition) is 10. The summed E-state index contributed by atoms with van der Waals surface area (Å²) >= 11 is 0.937. The number of anilines is 1. The fourth-order valence-electron chi connectivity index (χ4n) is 5.14. The second-order valence-electron chi connectivity index (χ2n) is 10.4. The second kappa shape index (κ2) is 13.9. The molecule has 0 radical (unpaired) electrons. The van der Waals surface area contributed by atoms with E-state index in [9.17, 15) is 19.5 Å². The van der Waals surface area contributed by atoms with Crippen LogP contribution in [0, 0.1) is 13.8 Å². The Labute approximate surface area is 270 Å². The van der Waals surface area contributed by atoms with Gasteiger partial charge in [0.1, 0.15) is 23.0 Å². The summed E-state index contributed by atoms with van der Waals surface area (Å²) in [6.07, 6.45) is 0. The van der Waals surface area contributed by atoms with Gasteiger partial charge in [0.15, 0.2) is 16.6 Å². The molecule has 0 bridgehead atoms. The van der Waals surface area contributed by atoms with Crippen molar-refractivity contribution in [1.82, 2.24) is 4.98 Å². The van der Waals surface area contributed by atoms with Crippen molar-refractivity contribution in [3.05, 3.63) is 105 Å². The number of amides is 1. The maximum atomic E-state index is 13.7. The Morgan fingerprint density at radius 1 is 0.957 bits per heavy atom. The Hall–Kier alpha value is -5.16. The Bertz CT molecular complexity index is 1810. The Morgan fingerprint density at radius 3 is 2.37 bits per heavy atom. The van der Waals surface area contributed by atoms with E-state index in [1.54, 1.807) is 56.3 Å². The summed E-state index contributed by atoms with van der Waals surface area (Å²) in [5.74, 6) is -1.34. The van der Waals surface area contributed by atoms with Gasteiger partial charge in [-0.1, -0.05) is 41.7 Å². The van der Waals surface area contributed by atoms with Crippen LogP contribution in [0.4, 0.5) is 5.13 Å². The molecule has 0 spiro atoms. The number of nitrogens with zero attached hydrogens (tertiary/aromatic N) is 2. The van der Waals surface area contributed by atoms with Gasteiger partial charge < -0.3 is 24.1 Å². The molecule has 11 heteroatoms. The van der Waals surface area contributed by atoms with Crippen LogP contribution in [-0.2, 0) is 20.9 Å². The molecular formula is C35H34N2O8S. The van der Waals surface area contributed by atoms with Crippen LogP contribution in [0.1, 0.15) is 57.5 Å². The number of thiazole rings is 1. The zero-order chi connectivity index (χ0) is 33.0. The molecule has 1 fully saturated rings. The molecule has 1 saturated heterocycles. The van der Waals surface area contributed by atoms with E-state index in [2.05, 4.69) is 4.98 Å². The SMILES string of the molecule is CCOC(=O)c1sc(N2C(=O)C(=O)/C(=C(/O)c3ccc(OCc4ccccc4C)cc3)C2c2ccc(OCC)c(OC)c2)nc1C. The highest BCUT2D eigenvalue weighted by Gasteiger charge is 2.48. The van der Waals surface area contributed by atoms with Crippen molar-refractivity contribution in [1.29, 1.82) is 0 Å². The lowest BCUT2D eigenvalue weighted by molar-refractivity contribution is -0.132. The molecule has 2 heterocycles.